The summed E-state index contributed by atoms with van der Waals surface area (Å²) in [5, 5.41) is 6.84. The molecule has 1 N–H and O–H groups in total. The molecule has 2 aromatic heterocycles. The van der Waals surface area contributed by atoms with Crippen molar-refractivity contribution in [2.75, 3.05) is 11.9 Å². The fourth-order valence-corrected chi connectivity index (χ4v) is 4.01. The Morgan fingerprint density at radius 2 is 1.83 bits per heavy atom. The zero-order valence-electron chi connectivity index (χ0n) is 19.6. The number of nitrogens with zero attached hydrogens (tertiary/aromatic N) is 4. The van der Waals surface area contributed by atoms with Crippen LogP contribution < -0.4 is 5.32 Å². The molecule has 0 spiro atoms. The number of likely N-dealkylation sites (tertiary alicyclic amines) is 1. The van der Waals surface area contributed by atoms with Crippen LogP contribution in [0.4, 0.5) is 23.9 Å². The highest BCUT2D eigenvalue weighted by Crippen LogP contribution is 2.36. The molecule has 186 valence electrons. The molecule has 0 bridgehead atoms. The van der Waals surface area contributed by atoms with Gasteiger partial charge in [-0.2, -0.15) is 18.2 Å². The summed E-state index contributed by atoms with van der Waals surface area (Å²) in [6.07, 6.45) is -1.64. The van der Waals surface area contributed by atoms with Crippen molar-refractivity contribution < 1.29 is 27.5 Å². The van der Waals surface area contributed by atoms with Crippen LogP contribution in [0.1, 0.15) is 45.6 Å². The number of fused-ring (bicyclic) bond motifs is 1. The van der Waals surface area contributed by atoms with E-state index < -0.39 is 35.4 Å². The molecule has 8 nitrogen and oxygen atoms in total. The fraction of sp³-hybridized carbons (Fsp3) is 0.417. The van der Waals surface area contributed by atoms with Crippen molar-refractivity contribution in [3.63, 3.8) is 0 Å². The van der Waals surface area contributed by atoms with Gasteiger partial charge < -0.3 is 4.74 Å². The summed E-state index contributed by atoms with van der Waals surface area (Å²) < 4.78 is 47.0. The number of rotatable bonds is 3. The summed E-state index contributed by atoms with van der Waals surface area (Å²) in [7, 11) is 0. The van der Waals surface area contributed by atoms with Crippen LogP contribution in [0.15, 0.2) is 42.6 Å². The van der Waals surface area contributed by atoms with Gasteiger partial charge in [0.05, 0.1) is 5.56 Å². The third-order valence-electron chi connectivity index (χ3n) is 5.54. The standard InChI is InChI=1S/C24H26F3N5O3/c1-23(2,3)35-22(34)31-13-7-6-10-18(31)20(33)29-21-28-19-12-11-15(14-32(19)30-21)16-8-4-5-9-17(16)24(25,26)27/h4-5,8-9,11-12,14,18H,6-7,10,13H2,1-3H3,(H,29,30,33)/t18-/m1/s1. The Hall–Kier alpha value is -3.63. The van der Waals surface area contributed by atoms with Gasteiger partial charge >= 0.3 is 12.3 Å². The normalized spacial score (nSPS) is 16.9. The molecule has 0 radical (unpaired) electrons. The van der Waals surface area contributed by atoms with E-state index in [0.717, 1.165) is 18.9 Å². The highest BCUT2D eigenvalue weighted by Gasteiger charge is 2.36. The predicted molar refractivity (Wildman–Crippen MR) is 123 cm³/mol. The van der Waals surface area contributed by atoms with Gasteiger partial charge in [-0.15, -0.1) is 5.10 Å². The molecule has 1 aromatic carbocycles. The summed E-state index contributed by atoms with van der Waals surface area (Å²) in [6, 6.07) is 7.58. The number of alkyl halides is 3. The Kier molecular flexibility index (Phi) is 6.44. The summed E-state index contributed by atoms with van der Waals surface area (Å²) in [5.74, 6) is -0.458. The summed E-state index contributed by atoms with van der Waals surface area (Å²) in [6.45, 7) is 5.66. The van der Waals surface area contributed by atoms with Crippen LogP contribution in [0.5, 0.6) is 0 Å². The topological polar surface area (TPSA) is 88.8 Å². The Labute approximate surface area is 200 Å². The van der Waals surface area contributed by atoms with Crippen molar-refractivity contribution in [1.29, 1.82) is 0 Å². The van der Waals surface area contributed by atoms with Crippen LogP contribution >= 0.6 is 0 Å². The second kappa shape index (κ2) is 9.20. The maximum Gasteiger partial charge on any atom is 0.417 e. The molecule has 0 saturated carbocycles. The molecule has 1 aliphatic heterocycles. The number of pyridine rings is 1. The number of amides is 2. The molecular weight excluding hydrogens is 463 g/mol. The molecule has 2 amide bonds. The molecule has 0 unspecified atom stereocenters. The highest BCUT2D eigenvalue weighted by atomic mass is 19.4. The van der Waals surface area contributed by atoms with Crippen LogP contribution in [0.25, 0.3) is 16.8 Å². The fourth-order valence-electron chi connectivity index (χ4n) is 4.01. The van der Waals surface area contributed by atoms with Gasteiger partial charge in [-0.1, -0.05) is 18.2 Å². The summed E-state index contributed by atoms with van der Waals surface area (Å²) in [4.78, 5) is 31.2. The zero-order valence-corrected chi connectivity index (χ0v) is 19.6. The number of anilines is 1. The monoisotopic (exact) mass is 489 g/mol. The summed E-state index contributed by atoms with van der Waals surface area (Å²) >= 11 is 0. The van der Waals surface area contributed by atoms with Gasteiger partial charge in [-0.25, -0.2) is 9.31 Å². The average Bonchev–Trinajstić information content (AvgIpc) is 3.18. The van der Waals surface area contributed by atoms with E-state index in [1.165, 1.54) is 45.9 Å². The lowest BCUT2D eigenvalue weighted by Crippen LogP contribution is -2.51. The molecule has 3 heterocycles. The quantitative estimate of drug-likeness (QED) is 0.550. The number of nitrogens with one attached hydrogen (secondary N) is 1. The molecule has 11 heteroatoms. The first kappa shape index (κ1) is 24.5. The number of benzene rings is 1. The van der Waals surface area contributed by atoms with Crippen molar-refractivity contribution in [2.24, 2.45) is 0 Å². The first-order chi connectivity index (χ1) is 16.4. The van der Waals surface area contributed by atoms with Gasteiger partial charge in [0.15, 0.2) is 5.65 Å². The van der Waals surface area contributed by atoms with Gasteiger partial charge in [-0.05, 0) is 63.8 Å². The largest absolute Gasteiger partial charge is 0.444 e. The van der Waals surface area contributed by atoms with E-state index >= 15 is 0 Å². The SMILES string of the molecule is CC(C)(C)OC(=O)N1CCCC[C@@H]1C(=O)Nc1nc2ccc(-c3ccccc3C(F)(F)F)cn2n1. The molecule has 1 aliphatic rings. The van der Waals surface area contributed by atoms with Crippen LogP contribution in [0, 0.1) is 0 Å². The lowest BCUT2D eigenvalue weighted by molar-refractivity contribution is -0.137. The minimum absolute atomic E-state index is 0.00836. The minimum Gasteiger partial charge on any atom is -0.444 e. The Balaban J connectivity index is 1.56. The molecule has 1 saturated heterocycles. The van der Waals surface area contributed by atoms with Crippen molar-refractivity contribution in [1.82, 2.24) is 19.5 Å². The number of carbonyl (C=O) groups excluding carboxylic acids is 2. The van der Waals surface area contributed by atoms with Crippen LogP contribution in [-0.4, -0.2) is 49.7 Å². The van der Waals surface area contributed by atoms with Crippen molar-refractivity contribution in [3.8, 4) is 11.1 Å². The third-order valence-corrected chi connectivity index (χ3v) is 5.54. The van der Waals surface area contributed by atoms with Crippen LogP contribution in [0.2, 0.25) is 0 Å². The Morgan fingerprint density at radius 1 is 1.09 bits per heavy atom. The first-order valence-corrected chi connectivity index (χ1v) is 11.3. The third kappa shape index (κ3) is 5.55. The van der Waals surface area contributed by atoms with E-state index in [4.69, 9.17) is 4.74 Å². The van der Waals surface area contributed by atoms with Gasteiger partial charge in [-0.3, -0.25) is 15.0 Å². The number of halogens is 3. The van der Waals surface area contributed by atoms with Gasteiger partial charge in [0.25, 0.3) is 0 Å². The molecule has 35 heavy (non-hydrogen) atoms. The molecule has 0 aliphatic carbocycles. The van der Waals surface area contributed by atoms with E-state index in [2.05, 4.69) is 15.4 Å². The predicted octanol–water partition coefficient (Wildman–Crippen LogP) is 5.14. The second-order valence-corrected chi connectivity index (χ2v) is 9.37. The Bertz CT molecular complexity index is 1250. The molecular formula is C24H26F3N5O3. The molecule has 3 aromatic rings. The van der Waals surface area contributed by atoms with Gasteiger partial charge in [0.2, 0.25) is 11.9 Å². The van der Waals surface area contributed by atoms with Crippen molar-refractivity contribution >= 4 is 23.6 Å². The Morgan fingerprint density at radius 3 is 2.54 bits per heavy atom. The lowest BCUT2D eigenvalue weighted by atomic mass is 10.0. The highest BCUT2D eigenvalue weighted by molar-refractivity contribution is 5.95. The molecule has 1 fully saturated rings. The maximum atomic E-state index is 13.4. The van der Waals surface area contributed by atoms with Crippen molar-refractivity contribution in [2.45, 2.75) is 57.9 Å². The number of carbonyl (C=O) groups is 2. The zero-order chi connectivity index (χ0) is 25.4. The van der Waals surface area contributed by atoms with Gasteiger partial charge in [0, 0.05) is 18.3 Å². The lowest BCUT2D eigenvalue weighted by Gasteiger charge is -2.35. The average molecular weight is 489 g/mol. The van der Waals surface area contributed by atoms with Crippen LogP contribution in [0.3, 0.4) is 0 Å². The van der Waals surface area contributed by atoms with E-state index in [9.17, 15) is 22.8 Å². The van der Waals surface area contributed by atoms with Crippen molar-refractivity contribution in [3.05, 3.63) is 48.2 Å². The summed E-state index contributed by atoms with van der Waals surface area (Å²) in [5.41, 5.74) is -0.787. The minimum atomic E-state index is -4.51. The number of hydrogen-bond acceptors (Lipinski definition) is 5. The van der Waals surface area contributed by atoms with Gasteiger partial charge in [0.1, 0.15) is 11.6 Å². The van der Waals surface area contributed by atoms with E-state index in [1.54, 1.807) is 20.8 Å². The first-order valence-electron chi connectivity index (χ1n) is 11.3. The van der Waals surface area contributed by atoms with E-state index in [1.807, 2.05) is 0 Å². The number of ether oxygens (including phenoxy) is 1. The molecule has 4 rings (SSSR count). The van der Waals surface area contributed by atoms with E-state index in [-0.39, 0.29) is 11.5 Å². The number of aromatic nitrogens is 3. The number of piperidine rings is 1. The maximum absolute atomic E-state index is 13.4. The number of hydrogen-bond donors (Lipinski definition) is 1. The van der Waals surface area contributed by atoms with E-state index in [0.29, 0.717) is 24.2 Å². The van der Waals surface area contributed by atoms with Crippen LogP contribution in [-0.2, 0) is 15.7 Å². The second-order valence-electron chi connectivity index (χ2n) is 9.37. The molecule has 1 atom stereocenters. The smallest absolute Gasteiger partial charge is 0.417 e.